The molecule has 0 aliphatic rings. The number of sulfonamides is 1. The zero-order valence-corrected chi connectivity index (χ0v) is 15.2. The van der Waals surface area contributed by atoms with E-state index in [2.05, 4.69) is 14.8 Å². The standard InChI is InChI=1S/C17H14F3N3O4S/c1-22-28(25,26)14-5-2-11(3-6-14)16(24)23-13-4-7-15(12(8-13)9-21)27-10-17(18,19)20/h2-8,22H,10H2,1H3,(H,23,24). The second-order valence-corrected chi connectivity index (χ2v) is 7.30. The fourth-order valence-electron chi connectivity index (χ4n) is 2.09. The summed E-state index contributed by atoms with van der Waals surface area (Å²) in [5.41, 5.74) is 0.122. The van der Waals surface area contributed by atoms with Crippen LogP contribution < -0.4 is 14.8 Å². The zero-order chi connectivity index (χ0) is 20.9. The highest BCUT2D eigenvalue weighted by molar-refractivity contribution is 7.89. The molecule has 0 aliphatic heterocycles. The number of carbonyl (C=O) groups is 1. The molecule has 0 atom stereocenters. The van der Waals surface area contributed by atoms with Crippen molar-refractivity contribution in [2.45, 2.75) is 11.1 Å². The number of anilines is 1. The van der Waals surface area contributed by atoms with Crippen LogP contribution in [0.1, 0.15) is 15.9 Å². The molecule has 2 aromatic rings. The van der Waals surface area contributed by atoms with Gasteiger partial charge in [0.05, 0.1) is 10.5 Å². The third kappa shape index (κ3) is 5.45. The van der Waals surface area contributed by atoms with Crippen LogP contribution in [0.2, 0.25) is 0 Å². The van der Waals surface area contributed by atoms with Crippen molar-refractivity contribution in [1.29, 1.82) is 5.26 Å². The van der Waals surface area contributed by atoms with Crippen molar-refractivity contribution in [3.8, 4) is 11.8 Å². The summed E-state index contributed by atoms with van der Waals surface area (Å²) in [6.45, 7) is -1.55. The van der Waals surface area contributed by atoms with E-state index in [-0.39, 0.29) is 27.5 Å². The summed E-state index contributed by atoms with van der Waals surface area (Å²) < 4.78 is 66.7. The Morgan fingerprint density at radius 1 is 1.18 bits per heavy atom. The number of hydrogen-bond donors (Lipinski definition) is 2. The highest BCUT2D eigenvalue weighted by Crippen LogP contribution is 2.25. The first kappa shape index (κ1) is 21.2. The van der Waals surface area contributed by atoms with Gasteiger partial charge in [-0.2, -0.15) is 18.4 Å². The lowest BCUT2D eigenvalue weighted by atomic mass is 10.1. The molecule has 0 heterocycles. The summed E-state index contributed by atoms with van der Waals surface area (Å²) in [7, 11) is -2.39. The molecule has 28 heavy (non-hydrogen) atoms. The predicted octanol–water partition coefficient (Wildman–Crippen LogP) is 2.66. The molecular weight excluding hydrogens is 399 g/mol. The topological polar surface area (TPSA) is 108 Å². The minimum atomic E-state index is -4.55. The highest BCUT2D eigenvalue weighted by atomic mass is 32.2. The predicted molar refractivity (Wildman–Crippen MR) is 93.3 cm³/mol. The molecule has 7 nitrogen and oxygen atoms in total. The number of carbonyl (C=O) groups excluding carboxylic acids is 1. The molecule has 0 radical (unpaired) electrons. The molecule has 0 aromatic heterocycles. The lowest BCUT2D eigenvalue weighted by molar-refractivity contribution is -0.153. The third-order valence-corrected chi connectivity index (χ3v) is 4.87. The maximum absolute atomic E-state index is 12.2. The highest BCUT2D eigenvalue weighted by Gasteiger charge is 2.29. The number of rotatable bonds is 6. The van der Waals surface area contributed by atoms with E-state index in [0.717, 1.165) is 6.07 Å². The van der Waals surface area contributed by atoms with Gasteiger partial charge in [0, 0.05) is 11.3 Å². The van der Waals surface area contributed by atoms with Crippen molar-refractivity contribution in [3.05, 3.63) is 53.6 Å². The molecular formula is C17H14F3N3O4S. The third-order valence-electron chi connectivity index (χ3n) is 3.44. The van der Waals surface area contributed by atoms with E-state index < -0.39 is 28.7 Å². The van der Waals surface area contributed by atoms with Crippen LogP contribution in [-0.2, 0) is 10.0 Å². The summed E-state index contributed by atoms with van der Waals surface area (Å²) in [5, 5.41) is 11.5. The number of halogens is 3. The van der Waals surface area contributed by atoms with Gasteiger partial charge in [-0.1, -0.05) is 0 Å². The largest absolute Gasteiger partial charge is 0.483 e. The van der Waals surface area contributed by atoms with Gasteiger partial charge in [0.25, 0.3) is 5.91 Å². The first-order valence-corrected chi connectivity index (χ1v) is 9.13. The Hall–Kier alpha value is -3.10. The quantitative estimate of drug-likeness (QED) is 0.757. The van der Waals surface area contributed by atoms with Crippen LogP contribution in [0.5, 0.6) is 5.75 Å². The molecule has 0 saturated carbocycles. The summed E-state index contributed by atoms with van der Waals surface area (Å²) in [5.74, 6) is -0.860. The molecule has 0 saturated heterocycles. The summed E-state index contributed by atoms with van der Waals surface area (Å²) >= 11 is 0. The lowest BCUT2D eigenvalue weighted by Gasteiger charge is -2.12. The summed E-state index contributed by atoms with van der Waals surface area (Å²) in [6, 6.07) is 10.4. The van der Waals surface area contributed by atoms with Crippen LogP contribution in [0.25, 0.3) is 0 Å². The van der Waals surface area contributed by atoms with Gasteiger partial charge in [-0.3, -0.25) is 4.79 Å². The maximum atomic E-state index is 12.2. The average Bonchev–Trinajstić information content (AvgIpc) is 2.66. The molecule has 1 amide bonds. The van der Waals surface area contributed by atoms with Gasteiger partial charge in [0.1, 0.15) is 11.8 Å². The minimum absolute atomic E-state index is 0.0236. The van der Waals surface area contributed by atoms with Crippen molar-refractivity contribution in [1.82, 2.24) is 4.72 Å². The number of nitrogens with one attached hydrogen (secondary N) is 2. The van der Waals surface area contributed by atoms with Gasteiger partial charge >= 0.3 is 6.18 Å². The fraction of sp³-hybridized carbons (Fsp3) is 0.176. The Bertz CT molecular complexity index is 1010. The normalized spacial score (nSPS) is 11.5. The SMILES string of the molecule is CNS(=O)(=O)c1ccc(C(=O)Nc2ccc(OCC(F)(F)F)c(C#N)c2)cc1. The Labute approximate surface area is 158 Å². The fourth-order valence-corrected chi connectivity index (χ4v) is 2.82. The van der Waals surface area contributed by atoms with Gasteiger partial charge in [0.2, 0.25) is 10.0 Å². The number of amides is 1. The van der Waals surface area contributed by atoms with E-state index in [1.807, 2.05) is 0 Å². The Kier molecular flexibility index (Phi) is 6.27. The first-order chi connectivity index (χ1) is 13.1. The number of hydrogen-bond acceptors (Lipinski definition) is 5. The van der Waals surface area contributed by atoms with Crippen molar-refractivity contribution >= 4 is 21.6 Å². The number of ether oxygens (including phenoxy) is 1. The van der Waals surface area contributed by atoms with E-state index in [1.165, 1.54) is 43.4 Å². The number of nitriles is 1. The molecule has 0 bridgehead atoms. The molecule has 0 fully saturated rings. The van der Waals surface area contributed by atoms with Crippen LogP contribution in [0.15, 0.2) is 47.4 Å². The van der Waals surface area contributed by atoms with Gasteiger partial charge < -0.3 is 10.1 Å². The molecule has 2 rings (SSSR count). The Morgan fingerprint density at radius 3 is 2.36 bits per heavy atom. The molecule has 2 N–H and O–H groups in total. The Morgan fingerprint density at radius 2 is 1.82 bits per heavy atom. The minimum Gasteiger partial charge on any atom is -0.483 e. The van der Waals surface area contributed by atoms with Crippen molar-refractivity contribution in [2.24, 2.45) is 0 Å². The monoisotopic (exact) mass is 413 g/mol. The Balaban J connectivity index is 2.15. The number of nitrogens with zero attached hydrogens (tertiary/aromatic N) is 1. The smallest absolute Gasteiger partial charge is 0.422 e. The van der Waals surface area contributed by atoms with Crippen LogP contribution >= 0.6 is 0 Å². The maximum Gasteiger partial charge on any atom is 0.422 e. The van der Waals surface area contributed by atoms with E-state index in [0.29, 0.717) is 0 Å². The molecule has 0 unspecified atom stereocenters. The van der Waals surface area contributed by atoms with Crippen molar-refractivity contribution < 1.29 is 31.1 Å². The molecule has 2 aromatic carbocycles. The van der Waals surface area contributed by atoms with Crippen molar-refractivity contribution in [2.75, 3.05) is 19.0 Å². The second kappa shape index (κ2) is 8.28. The molecule has 148 valence electrons. The number of alkyl halides is 3. The summed E-state index contributed by atoms with van der Waals surface area (Å²) in [6.07, 6.45) is -4.55. The van der Waals surface area contributed by atoms with Crippen LogP contribution in [0.4, 0.5) is 18.9 Å². The van der Waals surface area contributed by atoms with Crippen molar-refractivity contribution in [3.63, 3.8) is 0 Å². The van der Waals surface area contributed by atoms with Gasteiger partial charge in [0.15, 0.2) is 6.61 Å². The first-order valence-electron chi connectivity index (χ1n) is 7.64. The molecule has 11 heteroatoms. The molecule has 0 aliphatic carbocycles. The van der Waals surface area contributed by atoms with E-state index in [9.17, 15) is 26.4 Å². The summed E-state index contributed by atoms with van der Waals surface area (Å²) in [4.78, 5) is 12.2. The van der Waals surface area contributed by atoms with Gasteiger partial charge in [-0.15, -0.1) is 0 Å². The lowest BCUT2D eigenvalue weighted by Crippen LogP contribution is -2.19. The van der Waals surface area contributed by atoms with E-state index in [4.69, 9.17) is 5.26 Å². The van der Waals surface area contributed by atoms with Gasteiger partial charge in [-0.05, 0) is 49.5 Å². The van der Waals surface area contributed by atoms with Gasteiger partial charge in [-0.25, -0.2) is 13.1 Å². The average molecular weight is 413 g/mol. The second-order valence-electron chi connectivity index (χ2n) is 5.41. The van der Waals surface area contributed by atoms with E-state index in [1.54, 1.807) is 6.07 Å². The molecule has 0 spiro atoms. The van der Waals surface area contributed by atoms with Crippen LogP contribution in [0.3, 0.4) is 0 Å². The zero-order valence-electron chi connectivity index (χ0n) is 14.4. The van der Waals surface area contributed by atoms with Crippen LogP contribution in [0, 0.1) is 11.3 Å². The van der Waals surface area contributed by atoms with Crippen LogP contribution in [-0.4, -0.2) is 34.2 Å². The number of benzene rings is 2. The van der Waals surface area contributed by atoms with E-state index >= 15 is 0 Å².